The van der Waals surface area contributed by atoms with Gasteiger partial charge >= 0.3 is 0 Å². The van der Waals surface area contributed by atoms with E-state index in [0.717, 1.165) is 23.0 Å². The molecule has 140 valence electrons. The van der Waals surface area contributed by atoms with E-state index in [1.165, 1.54) is 16.7 Å². The van der Waals surface area contributed by atoms with Crippen LogP contribution in [-0.2, 0) is 12.0 Å². The molecule has 3 aromatic carbocycles. The minimum atomic E-state index is -0.549. The van der Waals surface area contributed by atoms with Gasteiger partial charge in [-0.05, 0) is 23.1 Å². The number of benzene rings is 3. The van der Waals surface area contributed by atoms with Crippen molar-refractivity contribution in [3.63, 3.8) is 0 Å². The third-order valence-corrected chi connectivity index (χ3v) is 5.74. The monoisotopic (exact) mass is 385 g/mol. The molecule has 1 aromatic heterocycles. The van der Waals surface area contributed by atoms with Crippen LogP contribution in [0, 0.1) is 0 Å². The van der Waals surface area contributed by atoms with Crippen LogP contribution in [0.25, 0.3) is 0 Å². The number of nitrogens with zero attached hydrogens (tertiary/aromatic N) is 2. The lowest BCUT2D eigenvalue weighted by molar-refractivity contribution is 0.707. The molecule has 0 aliphatic rings. The van der Waals surface area contributed by atoms with Gasteiger partial charge < -0.3 is 5.32 Å². The number of hydrogen-bond acceptors (Lipinski definition) is 4. The van der Waals surface area contributed by atoms with Crippen molar-refractivity contribution in [1.82, 2.24) is 10.2 Å². The fourth-order valence-electron chi connectivity index (χ4n) is 3.56. The maximum Gasteiger partial charge on any atom is 0.206 e. The van der Waals surface area contributed by atoms with E-state index in [1.807, 2.05) is 0 Å². The van der Waals surface area contributed by atoms with Crippen LogP contribution in [0.1, 0.15) is 35.0 Å². The van der Waals surface area contributed by atoms with E-state index >= 15 is 0 Å². The van der Waals surface area contributed by atoms with Gasteiger partial charge in [0.2, 0.25) is 5.13 Å². The first-order valence-corrected chi connectivity index (χ1v) is 10.4. The van der Waals surface area contributed by atoms with E-state index in [4.69, 9.17) is 0 Å². The van der Waals surface area contributed by atoms with E-state index < -0.39 is 5.54 Å². The number of anilines is 1. The fraction of sp³-hybridized carbons (Fsp3) is 0.167. The Morgan fingerprint density at radius 2 is 1.18 bits per heavy atom. The highest BCUT2D eigenvalue weighted by Gasteiger charge is 2.37. The molecule has 0 saturated carbocycles. The van der Waals surface area contributed by atoms with Crippen molar-refractivity contribution in [2.75, 3.05) is 5.32 Å². The summed E-state index contributed by atoms with van der Waals surface area (Å²) in [6, 6.07) is 31.7. The molecule has 1 heterocycles. The molecule has 28 heavy (non-hydrogen) atoms. The first-order valence-electron chi connectivity index (χ1n) is 9.60. The fourth-order valence-corrected chi connectivity index (χ4v) is 4.46. The van der Waals surface area contributed by atoms with Crippen LogP contribution in [0.15, 0.2) is 91.0 Å². The van der Waals surface area contributed by atoms with Gasteiger partial charge in [-0.3, -0.25) is 0 Å². The second-order valence-electron chi connectivity index (χ2n) is 6.72. The second-order valence-corrected chi connectivity index (χ2v) is 7.79. The van der Waals surface area contributed by atoms with Gasteiger partial charge in [-0.1, -0.05) is 109 Å². The highest BCUT2D eigenvalue weighted by molar-refractivity contribution is 7.15. The Hall–Kier alpha value is -2.98. The van der Waals surface area contributed by atoms with Crippen LogP contribution in [0.5, 0.6) is 0 Å². The summed E-state index contributed by atoms with van der Waals surface area (Å²) in [5.41, 5.74) is 2.95. The van der Waals surface area contributed by atoms with Gasteiger partial charge in [0.15, 0.2) is 0 Å². The molecule has 0 spiro atoms. The van der Waals surface area contributed by atoms with Gasteiger partial charge in [-0.25, -0.2) is 0 Å². The number of aryl methyl sites for hydroxylation is 1. The molecule has 0 unspecified atom stereocenters. The van der Waals surface area contributed by atoms with Crippen LogP contribution in [-0.4, -0.2) is 10.2 Å². The summed E-state index contributed by atoms with van der Waals surface area (Å²) in [6.45, 7) is 2.16. The molecular weight excluding hydrogens is 362 g/mol. The minimum absolute atomic E-state index is 0.549. The largest absolute Gasteiger partial charge is 0.342 e. The number of nitrogens with one attached hydrogen (secondary N) is 1. The zero-order valence-electron chi connectivity index (χ0n) is 15.9. The van der Waals surface area contributed by atoms with Gasteiger partial charge in [0.05, 0.1) is 0 Å². The molecule has 4 heteroatoms. The number of rotatable bonds is 7. The average molecular weight is 386 g/mol. The summed E-state index contributed by atoms with van der Waals surface area (Å²) in [6.07, 6.45) is 2.02. The van der Waals surface area contributed by atoms with Crippen molar-refractivity contribution in [2.45, 2.75) is 25.3 Å². The second kappa shape index (κ2) is 8.36. The Balaban J connectivity index is 1.92. The Labute approximate surface area is 170 Å². The molecular formula is C24H23N3S. The van der Waals surface area contributed by atoms with Crippen LogP contribution >= 0.6 is 11.3 Å². The van der Waals surface area contributed by atoms with Gasteiger partial charge in [0.1, 0.15) is 10.5 Å². The molecule has 0 fully saturated rings. The van der Waals surface area contributed by atoms with Crippen LogP contribution in [0.4, 0.5) is 5.13 Å². The van der Waals surface area contributed by atoms with E-state index in [2.05, 4.69) is 113 Å². The van der Waals surface area contributed by atoms with Crippen molar-refractivity contribution >= 4 is 16.5 Å². The topological polar surface area (TPSA) is 37.8 Å². The minimum Gasteiger partial charge on any atom is -0.342 e. The number of aromatic nitrogens is 2. The summed E-state index contributed by atoms with van der Waals surface area (Å²) in [4.78, 5) is 0. The van der Waals surface area contributed by atoms with Crippen molar-refractivity contribution < 1.29 is 0 Å². The summed E-state index contributed by atoms with van der Waals surface area (Å²) >= 11 is 1.63. The van der Waals surface area contributed by atoms with Crippen molar-refractivity contribution in [3.8, 4) is 0 Å². The highest BCUT2D eigenvalue weighted by Crippen LogP contribution is 2.40. The van der Waals surface area contributed by atoms with E-state index in [0.29, 0.717) is 0 Å². The highest BCUT2D eigenvalue weighted by atomic mass is 32.1. The number of hydrogen-bond donors (Lipinski definition) is 1. The molecule has 1 N–H and O–H groups in total. The lowest BCUT2D eigenvalue weighted by Crippen LogP contribution is -2.38. The molecule has 3 nitrogen and oxygen atoms in total. The molecule has 0 saturated heterocycles. The van der Waals surface area contributed by atoms with Gasteiger partial charge in [0.25, 0.3) is 0 Å². The smallest absolute Gasteiger partial charge is 0.206 e. The van der Waals surface area contributed by atoms with Gasteiger partial charge in [-0.15, -0.1) is 10.2 Å². The Kier molecular flexibility index (Phi) is 5.49. The maximum absolute atomic E-state index is 4.45. The van der Waals surface area contributed by atoms with E-state index in [9.17, 15) is 0 Å². The van der Waals surface area contributed by atoms with Crippen LogP contribution in [0.2, 0.25) is 0 Å². The zero-order valence-corrected chi connectivity index (χ0v) is 16.7. The Morgan fingerprint density at radius 3 is 1.61 bits per heavy atom. The first kappa shape index (κ1) is 18.4. The molecule has 4 aromatic rings. The first-order chi connectivity index (χ1) is 13.8. The predicted molar refractivity (Wildman–Crippen MR) is 117 cm³/mol. The molecule has 0 radical (unpaired) electrons. The molecule has 4 rings (SSSR count). The summed E-state index contributed by atoms with van der Waals surface area (Å²) < 4.78 is 0. The average Bonchev–Trinajstić information content (AvgIpc) is 3.21. The molecule has 0 aliphatic heterocycles. The quantitative estimate of drug-likeness (QED) is 0.403. The molecule has 0 amide bonds. The Bertz CT molecular complexity index is 901. The van der Waals surface area contributed by atoms with Crippen LogP contribution < -0.4 is 5.32 Å². The molecule has 0 bridgehead atoms. The summed E-state index contributed by atoms with van der Waals surface area (Å²) in [7, 11) is 0. The molecule has 0 atom stereocenters. The third-order valence-electron chi connectivity index (χ3n) is 4.85. The van der Waals surface area contributed by atoms with Crippen molar-refractivity contribution in [1.29, 1.82) is 0 Å². The van der Waals surface area contributed by atoms with E-state index in [-0.39, 0.29) is 0 Å². The third kappa shape index (κ3) is 3.56. The Morgan fingerprint density at radius 1 is 0.714 bits per heavy atom. The maximum atomic E-state index is 4.45. The summed E-state index contributed by atoms with van der Waals surface area (Å²) in [5.74, 6) is 0. The predicted octanol–water partition coefficient (Wildman–Crippen LogP) is 5.89. The molecule has 0 aliphatic carbocycles. The van der Waals surface area contributed by atoms with Crippen molar-refractivity contribution in [3.05, 3.63) is 113 Å². The zero-order chi connectivity index (χ0) is 19.2. The lowest BCUT2D eigenvalue weighted by Gasteiger charge is -2.36. The van der Waals surface area contributed by atoms with E-state index in [1.54, 1.807) is 11.3 Å². The van der Waals surface area contributed by atoms with Gasteiger partial charge in [-0.2, -0.15) is 0 Å². The lowest BCUT2D eigenvalue weighted by atomic mass is 9.77. The van der Waals surface area contributed by atoms with Gasteiger partial charge in [0, 0.05) is 6.42 Å². The summed E-state index contributed by atoms with van der Waals surface area (Å²) in [5, 5.41) is 14.5. The SMILES string of the molecule is CCCc1nnc(NC(c2ccccc2)(c2ccccc2)c2ccccc2)s1. The standard InChI is InChI=1S/C24H23N3S/c1-2-12-22-26-27-23(28-22)25-24(19-13-6-3-7-14-19,20-15-8-4-9-16-20)21-17-10-5-11-18-21/h3-11,13-18H,2,12H2,1H3,(H,25,27). The normalized spacial score (nSPS) is 11.3. The van der Waals surface area contributed by atoms with Crippen LogP contribution in [0.3, 0.4) is 0 Å². The van der Waals surface area contributed by atoms with Crippen molar-refractivity contribution in [2.24, 2.45) is 0 Å².